The highest BCUT2D eigenvalue weighted by Gasteiger charge is 2.05. The predicted molar refractivity (Wildman–Crippen MR) is 80.4 cm³/mol. The molecule has 1 aromatic heterocycles. The maximum absolute atomic E-state index is 5.43. The lowest BCUT2D eigenvalue weighted by molar-refractivity contribution is 0.140. The summed E-state index contributed by atoms with van der Waals surface area (Å²) in [6, 6.07) is 9.23. The molecule has 0 amide bonds. The fraction of sp³-hybridized carbons (Fsp3) is 0.500. The Hall–Kier alpha value is -1.32. The number of hydrogen-bond donors (Lipinski definition) is 1. The molecule has 0 saturated carbocycles. The van der Waals surface area contributed by atoms with Crippen LogP contribution in [0.15, 0.2) is 30.5 Å². The summed E-state index contributed by atoms with van der Waals surface area (Å²) in [4.78, 5) is 0. The van der Waals surface area contributed by atoms with Crippen LogP contribution in [0.25, 0.3) is 10.9 Å². The van der Waals surface area contributed by atoms with E-state index in [1.54, 1.807) is 0 Å². The fourth-order valence-corrected chi connectivity index (χ4v) is 2.26. The molecule has 0 spiro atoms. The number of rotatable bonds is 7. The second-order valence-corrected chi connectivity index (χ2v) is 5.09. The van der Waals surface area contributed by atoms with Crippen molar-refractivity contribution in [1.29, 1.82) is 0 Å². The van der Waals surface area contributed by atoms with Gasteiger partial charge in [-0.1, -0.05) is 26.0 Å². The summed E-state index contributed by atoms with van der Waals surface area (Å²) in [7, 11) is 0. The average Bonchev–Trinajstić information content (AvgIpc) is 2.80. The quantitative estimate of drug-likeness (QED) is 0.774. The van der Waals surface area contributed by atoms with Crippen molar-refractivity contribution in [2.45, 2.75) is 39.9 Å². The summed E-state index contributed by atoms with van der Waals surface area (Å²) in [6.07, 6.45) is 2.16. The first-order valence-corrected chi connectivity index (χ1v) is 7.10. The van der Waals surface area contributed by atoms with E-state index < -0.39 is 0 Å². The molecular weight excluding hydrogens is 236 g/mol. The van der Waals surface area contributed by atoms with Gasteiger partial charge in [-0.05, 0) is 24.6 Å². The Morgan fingerprint density at radius 2 is 2.11 bits per heavy atom. The van der Waals surface area contributed by atoms with Crippen LogP contribution in [0.1, 0.15) is 26.3 Å². The number of ether oxygens (including phenoxy) is 1. The molecule has 19 heavy (non-hydrogen) atoms. The van der Waals surface area contributed by atoms with Crippen LogP contribution in [0, 0.1) is 0 Å². The minimum Gasteiger partial charge on any atom is -0.380 e. The summed E-state index contributed by atoms with van der Waals surface area (Å²) in [5.41, 5.74) is 2.66. The first-order valence-electron chi connectivity index (χ1n) is 7.10. The lowest BCUT2D eigenvalue weighted by Gasteiger charge is -2.10. The van der Waals surface area contributed by atoms with Crippen molar-refractivity contribution in [3.8, 4) is 0 Å². The van der Waals surface area contributed by atoms with Crippen LogP contribution in [0.2, 0.25) is 0 Å². The molecule has 2 rings (SSSR count). The van der Waals surface area contributed by atoms with Crippen LogP contribution in [-0.2, 0) is 17.8 Å². The number of nitrogens with zero attached hydrogens (tertiary/aromatic N) is 1. The molecule has 3 nitrogen and oxygen atoms in total. The van der Waals surface area contributed by atoms with Crippen LogP contribution in [0.4, 0.5) is 0 Å². The Labute approximate surface area is 115 Å². The van der Waals surface area contributed by atoms with Gasteiger partial charge in [0.2, 0.25) is 0 Å². The van der Waals surface area contributed by atoms with Gasteiger partial charge >= 0.3 is 0 Å². The van der Waals surface area contributed by atoms with E-state index >= 15 is 0 Å². The van der Waals surface area contributed by atoms with Crippen LogP contribution >= 0.6 is 0 Å². The van der Waals surface area contributed by atoms with Crippen molar-refractivity contribution in [2.75, 3.05) is 13.2 Å². The molecule has 0 aliphatic heterocycles. The molecule has 1 heterocycles. The smallest absolute Gasteiger partial charge is 0.0645 e. The Balaban J connectivity index is 2.16. The molecule has 0 unspecified atom stereocenters. The van der Waals surface area contributed by atoms with Gasteiger partial charge in [-0.25, -0.2) is 0 Å². The number of hydrogen-bond acceptors (Lipinski definition) is 2. The zero-order chi connectivity index (χ0) is 13.7. The highest BCUT2D eigenvalue weighted by molar-refractivity contribution is 5.83. The zero-order valence-electron chi connectivity index (χ0n) is 12.1. The Kier molecular flexibility index (Phi) is 5.00. The predicted octanol–water partition coefficient (Wildman–Crippen LogP) is 3.18. The van der Waals surface area contributed by atoms with Crippen molar-refractivity contribution in [3.63, 3.8) is 0 Å². The lowest BCUT2D eigenvalue weighted by Crippen LogP contribution is -2.21. The number of benzene rings is 1. The first kappa shape index (κ1) is 14.1. The van der Waals surface area contributed by atoms with Crippen molar-refractivity contribution >= 4 is 10.9 Å². The number of aromatic nitrogens is 1. The lowest BCUT2D eigenvalue weighted by atomic mass is 10.1. The molecular formula is C16H24N2O. The molecule has 3 heteroatoms. The maximum atomic E-state index is 5.43. The second-order valence-electron chi connectivity index (χ2n) is 5.09. The molecule has 2 aromatic rings. The van der Waals surface area contributed by atoms with Crippen molar-refractivity contribution < 1.29 is 4.74 Å². The number of nitrogens with one attached hydrogen (secondary N) is 1. The summed E-state index contributed by atoms with van der Waals surface area (Å²) in [5.74, 6) is 0. The molecule has 0 atom stereocenters. The summed E-state index contributed by atoms with van der Waals surface area (Å²) < 4.78 is 7.70. The molecule has 1 N–H and O–H groups in total. The van der Waals surface area contributed by atoms with Crippen molar-refractivity contribution in [1.82, 2.24) is 9.88 Å². The van der Waals surface area contributed by atoms with Gasteiger partial charge in [-0.15, -0.1) is 0 Å². The van der Waals surface area contributed by atoms with E-state index in [1.165, 1.54) is 16.5 Å². The Morgan fingerprint density at radius 1 is 1.26 bits per heavy atom. The van der Waals surface area contributed by atoms with Gasteiger partial charge in [0.1, 0.15) is 0 Å². The minimum absolute atomic E-state index is 0.510. The normalized spacial score (nSPS) is 11.6. The molecule has 0 bridgehead atoms. The zero-order valence-corrected chi connectivity index (χ0v) is 12.1. The van der Waals surface area contributed by atoms with Crippen molar-refractivity contribution in [2.24, 2.45) is 0 Å². The van der Waals surface area contributed by atoms with Crippen LogP contribution in [0.3, 0.4) is 0 Å². The molecule has 1 aromatic carbocycles. The Bertz CT molecular complexity index is 516. The van der Waals surface area contributed by atoms with Crippen LogP contribution in [-0.4, -0.2) is 23.8 Å². The van der Waals surface area contributed by atoms with Gasteiger partial charge in [-0.2, -0.15) is 0 Å². The molecule has 0 aliphatic rings. The van der Waals surface area contributed by atoms with Crippen molar-refractivity contribution in [3.05, 3.63) is 36.0 Å². The Morgan fingerprint density at radius 3 is 2.84 bits per heavy atom. The third-order valence-electron chi connectivity index (χ3n) is 3.29. The molecule has 0 saturated heterocycles. The van der Waals surface area contributed by atoms with Crippen LogP contribution in [0.5, 0.6) is 0 Å². The van der Waals surface area contributed by atoms with E-state index in [0.717, 1.165) is 26.3 Å². The SMILES string of the molecule is CCOCCn1ccc2c(CNC(C)C)cccc21. The van der Waals surface area contributed by atoms with E-state index in [4.69, 9.17) is 4.74 Å². The topological polar surface area (TPSA) is 26.2 Å². The van der Waals surface area contributed by atoms with E-state index in [2.05, 4.69) is 54.2 Å². The highest BCUT2D eigenvalue weighted by atomic mass is 16.5. The third-order valence-corrected chi connectivity index (χ3v) is 3.29. The monoisotopic (exact) mass is 260 g/mol. The molecule has 0 aliphatic carbocycles. The van der Waals surface area contributed by atoms with Gasteiger partial charge in [0.05, 0.1) is 6.61 Å². The summed E-state index contributed by atoms with van der Waals surface area (Å²) in [6.45, 7) is 9.77. The van der Waals surface area contributed by atoms with E-state index in [-0.39, 0.29) is 0 Å². The largest absolute Gasteiger partial charge is 0.380 e. The molecule has 0 fully saturated rings. The van der Waals surface area contributed by atoms with E-state index in [1.807, 2.05) is 6.92 Å². The minimum atomic E-state index is 0.510. The summed E-state index contributed by atoms with van der Waals surface area (Å²) in [5, 5.41) is 4.82. The van der Waals surface area contributed by atoms with Gasteiger partial charge in [-0.3, -0.25) is 0 Å². The summed E-state index contributed by atoms with van der Waals surface area (Å²) >= 11 is 0. The van der Waals surface area contributed by atoms with Gasteiger partial charge < -0.3 is 14.6 Å². The highest BCUT2D eigenvalue weighted by Crippen LogP contribution is 2.20. The second kappa shape index (κ2) is 6.73. The first-order chi connectivity index (χ1) is 9.22. The maximum Gasteiger partial charge on any atom is 0.0645 e. The van der Waals surface area contributed by atoms with Gasteiger partial charge in [0.15, 0.2) is 0 Å². The van der Waals surface area contributed by atoms with Crippen LogP contribution < -0.4 is 5.32 Å². The number of fused-ring (bicyclic) bond motifs is 1. The fourth-order valence-electron chi connectivity index (χ4n) is 2.26. The van der Waals surface area contributed by atoms with Gasteiger partial charge in [0, 0.05) is 42.8 Å². The van der Waals surface area contributed by atoms with E-state index in [0.29, 0.717) is 6.04 Å². The average molecular weight is 260 g/mol. The van der Waals surface area contributed by atoms with Gasteiger partial charge in [0.25, 0.3) is 0 Å². The third kappa shape index (κ3) is 3.58. The van der Waals surface area contributed by atoms with E-state index in [9.17, 15) is 0 Å². The molecule has 0 radical (unpaired) electrons. The molecule has 104 valence electrons. The standard InChI is InChI=1S/C16H24N2O/c1-4-19-11-10-18-9-8-15-14(12-17-13(2)3)6-5-7-16(15)18/h5-9,13,17H,4,10-12H2,1-3H3.